The molecule has 1 saturated heterocycles. The van der Waals surface area contributed by atoms with Gasteiger partial charge in [0.2, 0.25) is 0 Å². The van der Waals surface area contributed by atoms with Gasteiger partial charge in [-0.3, -0.25) is 9.69 Å². The van der Waals surface area contributed by atoms with Gasteiger partial charge in [0.1, 0.15) is 18.0 Å². The van der Waals surface area contributed by atoms with Crippen LogP contribution in [0.3, 0.4) is 0 Å². The van der Waals surface area contributed by atoms with Gasteiger partial charge in [0.25, 0.3) is 5.91 Å². The summed E-state index contributed by atoms with van der Waals surface area (Å²) in [6.07, 6.45) is 1.32. The standard InChI is InChI=1S/C29H39N5O5/c1-4-12-30-29(36)33(14-13-32-15-17-39-18-16-32)21-28(35)34-26(24-10-5-6-11-27(24)38-3)20-25(31-34)22-8-7-9-23(19-22)37-2/h5-11,19,26H,4,12-18,20-21H2,1-3H3,(H,30,36). The molecule has 0 aliphatic carbocycles. The number of carbonyl (C=O) groups is 2. The Kier molecular flexibility index (Phi) is 10.2. The summed E-state index contributed by atoms with van der Waals surface area (Å²) in [7, 11) is 3.24. The molecular weight excluding hydrogens is 498 g/mol. The fraction of sp³-hybridized carbons (Fsp3) is 0.483. The van der Waals surface area contributed by atoms with Crippen molar-refractivity contribution < 1.29 is 23.8 Å². The van der Waals surface area contributed by atoms with Gasteiger partial charge >= 0.3 is 6.03 Å². The minimum Gasteiger partial charge on any atom is -0.497 e. The number of urea groups is 1. The van der Waals surface area contributed by atoms with E-state index in [1.54, 1.807) is 19.1 Å². The minimum absolute atomic E-state index is 0.0829. The van der Waals surface area contributed by atoms with E-state index in [9.17, 15) is 9.59 Å². The lowest BCUT2D eigenvalue weighted by Crippen LogP contribution is -2.49. The van der Waals surface area contributed by atoms with Crippen molar-refractivity contribution in [2.45, 2.75) is 25.8 Å². The smallest absolute Gasteiger partial charge is 0.317 e. The number of rotatable bonds is 11. The molecule has 0 aromatic heterocycles. The van der Waals surface area contributed by atoms with E-state index in [1.807, 2.05) is 55.5 Å². The van der Waals surface area contributed by atoms with Gasteiger partial charge in [-0.1, -0.05) is 37.3 Å². The van der Waals surface area contributed by atoms with E-state index in [1.165, 1.54) is 5.01 Å². The second kappa shape index (κ2) is 14.0. The number of ether oxygens (including phenoxy) is 3. The number of carbonyl (C=O) groups excluding carboxylic acids is 2. The van der Waals surface area contributed by atoms with Crippen molar-refractivity contribution in [2.75, 3.05) is 66.7 Å². The molecule has 1 fully saturated rings. The van der Waals surface area contributed by atoms with Crippen molar-refractivity contribution in [2.24, 2.45) is 5.10 Å². The molecule has 2 aromatic rings. The third-order valence-electron chi connectivity index (χ3n) is 7.00. The van der Waals surface area contributed by atoms with Crippen LogP contribution in [0, 0.1) is 0 Å². The molecule has 2 aliphatic heterocycles. The van der Waals surface area contributed by atoms with E-state index >= 15 is 0 Å². The maximum atomic E-state index is 13.9. The van der Waals surface area contributed by atoms with Crippen LogP contribution in [0.25, 0.3) is 0 Å². The summed E-state index contributed by atoms with van der Waals surface area (Å²) < 4.78 is 16.5. The molecular formula is C29H39N5O5. The lowest BCUT2D eigenvalue weighted by molar-refractivity contribution is -0.133. The van der Waals surface area contributed by atoms with Gasteiger partial charge in [0, 0.05) is 50.3 Å². The topological polar surface area (TPSA) is 95.9 Å². The van der Waals surface area contributed by atoms with E-state index in [-0.39, 0.29) is 24.5 Å². The molecule has 2 aliphatic rings. The highest BCUT2D eigenvalue weighted by molar-refractivity contribution is 6.03. The predicted molar refractivity (Wildman–Crippen MR) is 149 cm³/mol. The number of benzene rings is 2. The van der Waals surface area contributed by atoms with Crippen molar-refractivity contribution >= 4 is 17.6 Å². The van der Waals surface area contributed by atoms with Gasteiger partial charge in [0.15, 0.2) is 0 Å². The Morgan fingerprint density at radius 3 is 2.64 bits per heavy atom. The maximum Gasteiger partial charge on any atom is 0.317 e. The molecule has 2 heterocycles. The van der Waals surface area contributed by atoms with Crippen LogP contribution in [-0.4, -0.2) is 99.2 Å². The van der Waals surface area contributed by atoms with Crippen LogP contribution in [0.5, 0.6) is 11.5 Å². The zero-order valence-corrected chi connectivity index (χ0v) is 23.1. The van der Waals surface area contributed by atoms with Crippen molar-refractivity contribution in [3.05, 3.63) is 59.7 Å². The van der Waals surface area contributed by atoms with Crippen LogP contribution in [0.1, 0.15) is 36.9 Å². The van der Waals surface area contributed by atoms with Gasteiger partial charge in [-0.2, -0.15) is 5.10 Å². The Morgan fingerprint density at radius 1 is 1.10 bits per heavy atom. The van der Waals surface area contributed by atoms with Crippen LogP contribution in [0.4, 0.5) is 4.79 Å². The first kappa shape index (κ1) is 28.4. The van der Waals surface area contributed by atoms with Crippen LogP contribution in [-0.2, 0) is 9.53 Å². The SMILES string of the molecule is CCCNC(=O)N(CCN1CCOCC1)CC(=O)N1N=C(c2cccc(OC)c2)CC1c1ccccc1OC. The van der Waals surface area contributed by atoms with E-state index < -0.39 is 0 Å². The highest BCUT2D eigenvalue weighted by Crippen LogP contribution is 2.37. The molecule has 1 unspecified atom stereocenters. The van der Waals surface area contributed by atoms with E-state index in [2.05, 4.69) is 10.2 Å². The number of para-hydroxylation sites is 1. The van der Waals surface area contributed by atoms with Crippen molar-refractivity contribution in [1.29, 1.82) is 0 Å². The van der Waals surface area contributed by atoms with Gasteiger partial charge in [-0.05, 0) is 24.6 Å². The zero-order valence-electron chi connectivity index (χ0n) is 23.1. The van der Waals surface area contributed by atoms with Crippen molar-refractivity contribution in [3.8, 4) is 11.5 Å². The normalized spacial score (nSPS) is 17.5. The highest BCUT2D eigenvalue weighted by atomic mass is 16.5. The second-order valence-electron chi connectivity index (χ2n) is 9.59. The first-order valence-corrected chi connectivity index (χ1v) is 13.5. The van der Waals surface area contributed by atoms with Crippen LogP contribution in [0.2, 0.25) is 0 Å². The Bertz CT molecular complexity index is 1150. The lowest BCUT2D eigenvalue weighted by atomic mass is 9.97. The molecule has 2 aromatic carbocycles. The Balaban J connectivity index is 1.59. The van der Waals surface area contributed by atoms with Crippen LogP contribution < -0.4 is 14.8 Å². The first-order chi connectivity index (χ1) is 19.0. The monoisotopic (exact) mass is 537 g/mol. The molecule has 0 saturated carbocycles. The van der Waals surface area contributed by atoms with E-state index in [4.69, 9.17) is 19.3 Å². The molecule has 0 spiro atoms. The fourth-order valence-electron chi connectivity index (χ4n) is 4.82. The first-order valence-electron chi connectivity index (χ1n) is 13.5. The summed E-state index contributed by atoms with van der Waals surface area (Å²) in [5.41, 5.74) is 2.52. The van der Waals surface area contributed by atoms with Crippen LogP contribution >= 0.6 is 0 Å². The summed E-state index contributed by atoms with van der Waals surface area (Å²) in [6, 6.07) is 14.7. The number of nitrogens with zero attached hydrogens (tertiary/aromatic N) is 4. The Labute approximate surface area is 230 Å². The Hall–Kier alpha value is -3.63. The van der Waals surface area contributed by atoms with E-state index in [0.717, 1.165) is 42.1 Å². The minimum atomic E-state index is -0.366. The molecule has 1 atom stereocenters. The molecule has 3 amide bonds. The summed E-state index contributed by atoms with van der Waals surface area (Å²) in [6.45, 7) is 6.55. The number of hydrazone groups is 1. The average Bonchev–Trinajstić information content (AvgIpc) is 3.44. The van der Waals surface area contributed by atoms with Gasteiger partial charge in [0.05, 0.1) is 39.2 Å². The van der Waals surface area contributed by atoms with Gasteiger partial charge < -0.3 is 24.4 Å². The molecule has 4 rings (SSSR count). The molecule has 39 heavy (non-hydrogen) atoms. The zero-order chi connectivity index (χ0) is 27.6. The Morgan fingerprint density at radius 2 is 1.90 bits per heavy atom. The van der Waals surface area contributed by atoms with Gasteiger partial charge in [-0.15, -0.1) is 0 Å². The molecule has 10 heteroatoms. The molecule has 210 valence electrons. The number of hydrogen-bond acceptors (Lipinski definition) is 7. The van der Waals surface area contributed by atoms with Gasteiger partial charge in [-0.25, -0.2) is 9.80 Å². The summed E-state index contributed by atoms with van der Waals surface area (Å²) in [5.74, 6) is 1.15. The van der Waals surface area contributed by atoms with Crippen molar-refractivity contribution in [3.63, 3.8) is 0 Å². The molecule has 1 N–H and O–H groups in total. The molecule has 0 radical (unpaired) electrons. The maximum absolute atomic E-state index is 13.9. The third kappa shape index (κ3) is 7.27. The quantitative estimate of drug-likeness (QED) is 0.473. The number of nitrogens with one attached hydrogen (secondary N) is 1. The highest BCUT2D eigenvalue weighted by Gasteiger charge is 2.36. The lowest BCUT2D eigenvalue weighted by Gasteiger charge is -2.31. The molecule has 0 bridgehead atoms. The number of methoxy groups -OCH3 is 2. The summed E-state index contributed by atoms with van der Waals surface area (Å²) in [4.78, 5) is 30.8. The average molecular weight is 538 g/mol. The number of morpholine rings is 1. The fourth-order valence-corrected chi connectivity index (χ4v) is 4.82. The van der Waals surface area contributed by atoms with Crippen LogP contribution in [0.15, 0.2) is 53.6 Å². The predicted octanol–water partition coefficient (Wildman–Crippen LogP) is 3.14. The number of hydrogen-bond donors (Lipinski definition) is 1. The summed E-state index contributed by atoms with van der Waals surface area (Å²) in [5, 5.41) is 9.24. The molecule has 10 nitrogen and oxygen atoms in total. The second-order valence-corrected chi connectivity index (χ2v) is 9.59. The summed E-state index contributed by atoms with van der Waals surface area (Å²) >= 11 is 0. The third-order valence-corrected chi connectivity index (χ3v) is 7.00. The van der Waals surface area contributed by atoms with Crippen molar-refractivity contribution in [1.82, 2.24) is 20.1 Å². The number of amides is 3. The van der Waals surface area contributed by atoms with E-state index in [0.29, 0.717) is 45.0 Å². The largest absolute Gasteiger partial charge is 0.497 e.